The van der Waals surface area contributed by atoms with Gasteiger partial charge in [-0.25, -0.2) is 4.79 Å². The average Bonchev–Trinajstić information content (AvgIpc) is 2.77. The summed E-state index contributed by atoms with van der Waals surface area (Å²) >= 11 is 0. The van der Waals surface area contributed by atoms with Crippen LogP contribution in [0, 0.1) is 0 Å². The molecule has 0 aliphatic carbocycles. The summed E-state index contributed by atoms with van der Waals surface area (Å²) in [7, 11) is 0. The number of carboxylic acids is 2. The second-order valence-corrected chi connectivity index (χ2v) is 6.41. The van der Waals surface area contributed by atoms with Crippen molar-refractivity contribution >= 4 is 24.3 Å². The van der Waals surface area contributed by atoms with E-state index in [-0.39, 0.29) is 25.1 Å². The molecule has 0 bridgehead atoms. The maximum atomic E-state index is 11.7. The number of aromatic nitrogens is 1. The molecule has 25 heavy (non-hydrogen) atoms. The van der Waals surface area contributed by atoms with Gasteiger partial charge in [0.25, 0.3) is 0 Å². The first-order valence-corrected chi connectivity index (χ1v) is 7.61. The highest BCUT2D eigenvalue weighted by atomic mass is 16.6. The lowest BCUT2D eigenvalue weighted by atomic mass is 10.0. The lowest BCUT2D eigenvalue weighted by molar-refractivity contribution is -0.137. The van der Waals surface area contributed by atoms with Crippen molar-refractivity contribution in [3.8, 4) is 0 Å². The minimum Gasteiger partial charge on any atom is -0.481 e. The summed E-state index contributed by atoms with van der Waals surface area (Å²) in [5.41, 5.74) is 0.381. The van der Waals surface area contributed by atoms with Crippen molar-refractivity contribution in [1.29, 1.82) is 0 Å². The fraction of sp³-hybridized carbons (Fsp3) is 0.500. The molecule has 0 aliphatic heterocycles. The Morgan fingerprint density at radius 3 is 2.28 bits per heavy atom. The molecule has 9 nitrogen and oxygen atoms in total. The molecule has 1 aromatic heterocycles. The number of aliphatic carboxylic acids is 2. The van der Waals surface area contributed by atoms with Gasteiger partial charge in [-0.15, -0.1) is 0 Å². The van der Waals surface area contributed by atoms with Crippen molar-refractivity contribution in [2.75, 3.05) is 0 Å². The predicted octanol–water partition coefficient (Wildman–Crippen LogP) is 1.50. The average molecular weight is 354 g/mol. The van der Waals surface area contributed by atoms with Crippen LogP contribution in [0.4, 0.5) is 4.79 Å². The van der Waals surface area contributed by atoms with Gasteiger partial charge in [0.2, 0.25) is 0 Å². The number of aromatic amines is 1. The van der Waals surface area contributed by atoms with Crippen LogP contribution in [0.15, 0.2) is 0 Å². The van der Waals surface area contributed by atoms with E-state index in [0.717, 1.165) is 0 Å². The molecule has 138 valence electrons. The molecule has 4 N–H and O–H groups in total. The molecular formula is C16H22N2O7. The Kier molecular flexibility index (Phi) is 6.72. The normalized spacial score (nSPS) is 11.0. The van der Waals surface area contributed by atoms with Gasteiger partial charge in [-0.1, -0.05) is 0 Å². The van der Waals surface area contributed by atoms with E-state index >= 15 is 0 Å². The monoisotopic (exact) mass is 354 g/mol. The van der Waals surface area contributed by atoms with Gasteiger partial charge in [0.05, 0.1) is 18.7 Å². The summed E-state index contributed by atoms with van der Waals surface area (Å²) < 4.78 is 5.10. The molecule has 0 saturated carbocycles. The van der Waals surface area contributed by atoms with Gasteiger partial charge < -0.3 is 25.3 Å². The van der Waals surface area contributed by atoms with Gasteiger partial charge in [-0.2, -0.15) is 0 Å². The van der Waals surface area contributed by atoms with Crippen LogP contribution >= 0.6 is 0 Å². The van der Waals surface area contributed by atoms with Crippen LogP contribution < -0.4 is 5.32 Å². The van der Waals surface area contributed by atoms with E-state index in [9.17, 15) is 19.2 Å². The van der Waals surface area contributed by atoms with E-state index in [4.69, 9.17) is 14.9 Å². The fourth-order valence-electron chi connectivity index (χ4n) is 2.27. The van der Waals surface area contributed by atoms with Gasteiger partial charge in [0.1, 0.15) is 5.60 Å². The highest BCUT2D eigenvalue weighted by Crippen LogP contribution is 2.21. The van der Waals surface area contributed by atoms with Crippen molar-refractivity contribution in [1.82, 2.24) is 10.3 Å². The van der Waals surface area contributed by atoms with E-state index in [1.165, 1.54) is 0 Å². The SMILES string of the molecule is CC(C)(C)OC(=O)NCc1[nH]c(C=O)c(CCC(=O)O)c1CC(=O)O. The second kappa shape index (κ2) is 8.32. The minimum absolute atomic E-state index is 0.00889. The molecule has 1 aromatic rings. The predicted molar refractivity (Wildman–Crippen MR) is 86.6 cm³/mol. The summed E-state index contributed by atoms with van der Waals surface area (Å²) in [6.07, 6.45) is -0.827. The Hall–Kier alpha value is -2.84. The zero-order valence-electron chi connectivity index (χ0n) is 14.3. The van der Waals surface area contributed by atoms with Crippen LogP contribution in [0.1, 0.15) is 54.5 Å². The Bertz CT molecular complexity index is 671. The lowest BCUT2D eigenvalue weighted by Gasteiger charge is -2.19. The molecule has 0 radical (unpaired) electrons. The van der Waals surface area contributed by atoms with Crippen LogP contribution in [-0.2, 0) is 33.7 Å². The van der Waals surface area contributed by atoms with Gasteiger partial charge >= 0.3 is 18.0 Å². The zero-order chi connectivity index (χ0) is 19.2. The van der Waals surface area contributed by atoms with Crippen LogP contribution in [0.25, 0.3) is 0 Å². The highest BCUT2D eigenvalue weighted by molar-refractivity contribution is 5.80. The molecule has 0 unspecified atom stereocenters. The topological polar surface area (TPSA) is 146 Å². The Morgan fingerprint density at radius 2 is 1.80 bits per heavy atom. The molecule has 1 rings (SSSR count). The molecule has 1 amide bonds. The number of amides is 1. The standard InChI is InChI=1S/C16H22N2O7/c1-16(2,3)25-15(24)17-7-11-10(6-14(22)23)9(4-5-13(20)21)12(8-19)18-11/h8,18H,4-7H2,1-3H3,(H,17,24)(H,20,21)(H,22,23). The number of H-pyrrole nitrogens is 1. The first-order valence-electron chi connectivity index (χ1n) is 7.61. The first-order chi connectivity index (χ1) is 11.5. The zero-order valence-corrected chi connectivity index (χ0v) is 14.3. The van der Waals surface area contributed by atoms with Gasteiger partial charge in [-0.3, -0.25) is 14.4 Å². The van der Waals surface area contributed by atoms with Gasteiger partial charge in [0, 0.05) is 12.1 Å². The third-order valence-electron chi connectivity index (χ3n) is 3.18. The fourth-order valence-corrected chi connectivity index (χ4v) is 2.27. The van der Waals surface area contributed by atoms with Crippen LogP contribution in [0.2, 0.25) is 0 Å². The number of carboxylic acid groups (broad SMARTS) is 2. The number of hydrogen-bond donors (Lipinski definition) is 4. The molecule has 0 spiro atoms. The van der Waals surface area contributed by atoms with E-state index < -0.39 is 30.1 Å². The smallest absolute Gasteiger partial charge is 0.407 e. The minimum atomic E-state index is -1.13. The van der Waals surface area contributed by atoms with Crippen molar-refractivity contribution in [2.24, 2.45) is 0 Å². The molecule has 0 saturated heterocycles. The first kappa shape index (κ1) is 20.2. The summed E-state index contributed by atoms with van der Waals surface area (Å²) in [5, 5.41) is 20.4. The molecule has 0 fully saturated rings. The summed E-state index contributed by atoms with van der Waals surface area (Å²) in [5.74, 6) is -2.20. The Balaban J connectivity index is 3.04. The maximum Gasteiger partial charge on any atom is 0.407 e. The number of alkyl carbamates (subject to hydrolysis) is 1. The number of carbonyl (C=O) groups excluding carboxylic acids is 2. The van der Waals surface area contributed by atoms with Crippen molar-refractivity contribution < 1.29 is 34.1 Å². The second-order valence-electron chi connectivity index (χ2n) is 6.41. The molecule has 0 aromatic carbocycles. The molecular weight excluding hydrogens is 332 g/mol. The van der Waals surface area contributed by atoms with Gasteiger partial charge in [0.15, 0.2) is 6.29 Å². The largest absolute Gasteiger partial charge is 0.481 e. The molecule has 0 aliphatic rings. The van der Waals surface area contributed by atoms with Crippen LogP contribution in [-0.4, -0.2) is 45.1 Å². The van der Waals surface area contributed by atoms with Crippen molar-refractivity contribution in [3.63, 3.8) is 0 Å². The van der Waals surface area contributed by atoms with Crippen molar-refractivity contribution in [2.45, 2.75) is 52.2 Å². The van der Waals surface area contributed by atoms with Crippen molar-refractivity contribution in [3.05, 3.63) is 22.5 Å². The number of hydrogen-bond acceptors (Lipinski definition) is 5. The number of ether oxygens (including phenoxy) is 1. The van der Waals surface area contributed by atoms with E-state index in [2.05, 4.69) is 10.3 Å². The molecule has 0 atom stereocenters. The van der Waals surface area contributed by atoms with Gasteiger partial charge in [-0.05, 0) is 38.3 Å². The maximum absolute atomic E-state index is 11.7. The van der Waals surface area contributed by atoms with Crippen LogP contribution in [0.3, 0.4) is 0 Å². The van der Waals surface area contributed by atoms with E-state index in [0.29, 0.717) is 23.1 Å². The number of rotatable bonds is 8. The Morgan fingerprint density at radius 1 is 1.16 bits per heavy atom. The number of nitrogens with one attached hydrogen (secondary N) is 2. The quantitative estimate of drug-likeness (QED) is 0.517. The summed E-state index contributed by atoms with van der Waals surface area (Å²) in [6, 6.07) is 0. The third-order valence-corrected chi connectivity index (χ3v) is 3.18. The highest BCUT2D eigenvalue weighted by Gasteiger charge is 2.21. The lowest BCUT2D eigenvalue weighted by Crippen LogP contribution is -2.32. The molecule has 1 heterocycles. The number of aldehydes is 1. The number of carbonyl (C=O) groups is 4. The van der Waals surface area contributed by atoms with E-state index in [1.54, 1.807) is 20.8 Å². The third kappa shape index (κ3) is 6.66. The molecule has 9 heteroatoms. The van der Waals surface area contributed by atoms with Crippen LogP contribution in [0.5, 0.6) is 0 Å². The summed E-state index contributed by atoms with van der Waals surface area (Å²) in [6.45, 7) is 5.02. The van der Waals surface area contributed by atoms with E-state index in [1.807, 2.05) is 0 Å². The Labute approximate surface area is 144 Å². The summed E-state index contributed by atoms with van der Waals surface area (Å²) in [4.78, 5) is 47.6.